The van der Waals surface area contributed by atoms with Crippen LogP contribution in [-0.4, -0.2) is 44.7 Å². The van der Waals surface area contributed by atoms with Gasteiger partial charge in [0.25, 0.3) is 0 Å². The highest BCUT2D eigenvalue weighted by atomic mass is 32.2. The van der Waals surface area contributed by atoms with E-state index in [1.807, 2.05) is 35.2 Å². The molecule has 1 fully saturated rings. The van der Waals surface area contributed by atoms with Crippen LogP contribution in [0.2, 0.25) is 0 Å². The molecule has 7 heteroatoms. The Bertz CT molecular complexity index is 1030. The highest BCUT2D eigenvalue weighted by Crippen LogP contribution is 2.25. The van der Waals surface area contributed by atoms with Gasteiger partial charge in [-0.05, 0) is 36.8 Å². The monoisotopic (exact) mass is 395 g/mol. The Balaban J connectivity index is 1.73. The van der Waals surface area contributed by atoms with E-state index in [0.717, 1.165) is 5.56 Å². The van der Waals surface area contributed by atoms with E-state index in [2.05, 4.69) is 6.07 Å². The maximum atomic E-state index is 12.6. The number of ketones is 1. The fourth-order valence-corrected chi connectivity index (χ4v) is 4.33. The first-order valence-corrected chi connectivity index (χ1v) is 10.4. The largest absolute Gasteiger partial charge is 0.368 e. The Morgan fingerprint density at radius 1 is 1.07 bits per heavy atom. The third-order valence-corrected chi connectivity index (χ3v) is 6.24. The van der Waals surface area contributed by atoms with Gasteiger partial charge in [-0.2, -0.15) is 9.57 Å². The predicted octanol–water partition coefficient (Wildman–Crippen LogP) is 2.88. The van der Waals surface area contributed by atoms with E-state index < -0.39 is 10.0 Å². The third-order valence-electron chi connectivity index (χ3n) is 4.68. The minimum absolute atomic E-state index is 0.0830. The number of nitriles is 1. The van der Waals surface area contributed by atoms with Gasteiger partial charge in [0.15, 0.2) is 5.78 Å². The van der Waals surface area contributed by atoms with Crippen molar-refractivity contribution >= 4 is 27.6 Å². The lowest BCUT2D eigenvalue weighted by Crippen LogP contribution is -2.48. The summed E-state index contributed by atoms with van der Waals surface area (Å²) in [5.41, 5.74) is 2.52. The van der Waals surface area contributed by atoms with Crippen molar-refractivity contribution in [1.29, 1.82) is 5.26 Å². The zero-order valence-electron chi connectivity index (χ0n) is 15.6. The van der Waals surface area contributed by atoms with Gasteiger partial charge in [-0.3, -0.25) is 4.79 Å². The second-order valence-electron chi connectivity index (χ2n) is 6.54. The van der Waals surface area contributed by atoms with Crippen molar-refractivity contribution in [3.63, 3.8) is 0 Å². The topological polar surface area (TPSA) is 81.5 Å². The fourth-order valence-electron chi connectivity index (χ4n) is 3.16. The smallest absolute Gasteiger partial charge is 0.236 e. The molecule has 0 N–H and O–H groups in total. The molecule has 1 aliphatic rings. The van der Waals surface area contributed by atoms with Crippen molar-refractivity contribution in [3.05, 3.63) is 70.6 Å². The lowest BCUT2D eigenvalue weighted by Gasteiger charge is -2.35. The van der Waals surface area contributed by atoms with Crippen LogP contribution in [0.15, 0.2) is 53.9 Å². The third kappa shape index (κ3) is 4.47. The second kappa shape index (κ2) is 8.38. The highest BCUT2D eigenvalue weighted by Gasteiger charge is 2.26. The van der Waals surface area contributed by atoms with Gasteiger partial charge in [-0.1, -0.05) is 30.3 Å². The molecule has 0 radical (unpaired) electrons. The molecule has 0 saturated carbocycles. The molecule has 0 aliphatic carbocycles. The molecule has 2 aromatic carbocycles. The number of hydrogen-bond donors (Lipinski definition) is 0. The summed E-state index contributed by atoms with van der Waals surface area (Å²) in [5.74, 6) is -0.0830. The first kappa shape index (κ1) is 19.8. The van der Waals surface area contributed by atoms with Gasteiger partial charge in [0.2, 0.25) is 10.0 Å². The van der Waals surface area contributed by atoms with E-state index in [1.165, 1.54) is 16.6 Å². The van der Waals surface area contributed by atoms with E-state index in [1.54, 1.807) is 24.3 Å². The van der Waals surface area contributed by atoms with Crippen molar-refractivity contribution in [1.82, 2.24) is 4.31 Å². The summed E-state index contributed by atoms with van der Waals surface area (Å²) >= 11 is 0. The molecule has 2 aromatic rings. The fraction of sp³-hybridized carbons (Fsp3) is 0.238. The van der Waals surface area contributed by atoms with Crippen LogP contribution in [0, 0.1) is 11.3 Å². The summed E-state index contributed by atoms with van der Waals surface area (Å²) in [4.78, 5) is 13.9. The minimum Gasteiger partial charge on any atom is -0.368 e. The molecule has 1 heterocycles. The van der Waals surface area contributed by atoms with Crippen LogP contribution in [-0.2, 0) is 10.0 Å². The first-order chi connectivity index (χ1) is 13.4. The average molecular weight is 395 g/mol. The molecule has 0 unspecified atom stereocenters. The summed E-state index contributed by atoms with van der Waals surface area (Å²) in [7, 11) is -3.52. The number of sulfonamides is 1. The van der Waals surface area contributed by atoms with E-state index in [0.29, 0.717) is 43.0 Å². The molecule has 0 spiro atoms. The first-order valence-electron chi connectivity index (χ1n) is 8.94. The number of hydrogen-bond acceptors (Lipinski definition) is 5. The molecule has 144 valence electrons. The van der Waals surface area contributed by atoms with Gasteiger partial charge in [-0.15, -0.1) is 0 Å². The molecule has 3 rings (SSSR count). The number of rotatable bonds is 5. The number of piperazine rings is 1. The van der Waals surface area contributed by atoms with E-state index in [4.69, 9.17) is 5.26 Å². The summed E-state index contributed by atoms with van der Waals surface area (Å²) in [6.45, 7) is 3.02. The quantitative estimate of drug-likeness (QED) is 0.727. The van der Waals surface area contributed by atoms with Gasteiger partial charge in [0.05, 0.1) is 11.6 Å². The summed E-state index contributed by atoms with van der Waals surface area (Å²) in [6, 6.07) is 16.3. The van der Waals surface area contributed by atoms with Crippen LogP contribution < -0.4 is 4.90 Å². The average Bonchev–Trinajstić information content (AvgIpc) is 2.72. The van der Waals surface area contributed by atoms with Crippen molar-refractivity contribution < 1.29 is 13.2 Å². The SMILES string of the molecule is CC(=O)c1ccc(C#N)cc1N1CCN(S(=O)(=O)/C=C/c2ccccc2)CC1. The lowest BCUT2D eigenvalue weighted by atomic mass is 10.0. The number of carbonyl (C=O) groups excluding carboxylic acids is 1. The molecule has 28 heavy (non-hydrogen) atoms. The van der Waals surface area contributed by atoms with Gasteiger partial charge < -0.3 is 4.90 Å². The van der Waals surface area contributed by atoms with Crippen molar-refractivity contribution in [2.45, 2.75) is 6.92 Å². The Labute approximate surface area is 165 Å². The summed E-state index contributed by atoms with van der Waals surface area (Å²) in [5, 5.41) is 10.4. The Morgan fingerprint density at radius 3 is 2.36 bits per heavy atom. The normalized spacial score (nSPS) is 15.5. The van der Waals surface area contributed by atoms with E-state index >= 15 is 0 Å². The van der Waals surface area contributed by atoms with Crippen LogP contribution in [0.1, 0.15) is 28.4 Å². The molecule has 0 aromatic heterocycles. The van der Waals surface area contributed by atoms with E-state index in [9.17, 15) is 13.2 Å². The van der Waals surface area contributed by atoms with Crippen molar-refractivity contribution in [2.75, 3.05) is 31.1 Å². The van der Waals surface area contributed by atoms with Crippen LogP contribution in [0.25, 0.3) is 6.08 Å². The molecular weight excluding hydrogens is 374 g/mol. The Morgan fingerprint density at radius 2 is 1.75 bits per heavy atom. The van der Waals surface area contributed by atoms with Gasteiger partial charge in [0.1, 0.15) is 0 Å². The molecule has 0 amide bonds. The molecular formula is C21H21N3O3S. The second-order valence-corrected chi connectivity index (χ2v) is 8.36. The van der Waals surface area contributed by atoms with Crippen LogP contribution >= 0.6 is 0 Å². The number of anilines is 1. The number of Topliss-reactive ketones (excluding diaryl/α,β-unsaturated/α-hetero) is 1. The Kier molecular flexibility index (Phi) is 5.93. The van der Waals surface area contributed by atoms with Gasteiger partial charge in [-0.25, -0.2) is 8.42 Å². The van der Waals surface area contributed by atoms with Crippen LogP contribution in [0.3, 0.4) is 0 Å². The number of nitrogens with zero attached hydrogens (tertiary/aromatic N) is 3. The zero-order valence-corrected chi connectivity index (χ0v) is 16.4. The maximum Gasteiger partial charge on any atom is 0.236 e. The zero-order chi connectivity index (χ0) is 20.1. The molecule has 0 atom stereocenters. The van der Waals surface area contributed by atoms with E-state index in [-0.39, 0.29) is 5.78 Å². The lowest BCUT2D eigenvalue weighted by molar-refractivity contribution is 0.101. The summed E-state index contributed by atoms with van der Waals surface area (Å²) < 4.78 is 26.6. The van der Waals surface area contributed by atoms with Crippen LogP contribution in [0.5, 0.6) is 0 Å². The number of benzene rings is 2. The van der Waals surface area contributed by atoms with Crippen LogP contribution in [0.4, 0.5) is 5.69 Å². The maximum absolute atomic E-state index is 12.6. The highest BCUT2D eigenvalue weighted by molar-refractivity contribution is 7.92. The van der Waals surface area contributed by atoms with Gasteiger partial charge in [0, 0.05) is 42.8 Å². The van der Waals surface area contributed by atoms with Gasteiger partial charge >= 0.3 is 0 Å². The molecule has 1 saturated heterocycles. The predicted molar refractivity (Wildman–Crippen MR) is 109 cm³/mol. The van der Waals surface area contributed by atoms with Crippen molar-refractivity contribution in [3.8, 4) is 6.07 Å². The standard InChI is InChI=1S/C21H21N3O3S/c1-17(25)20-8-7-19(16-22)15-21(20)23-10-12-24(13-11-23)28(26,27)14-9-18-5-3-2-4-6-18/h2-9,14-15H,10-13H2,1H3/b14-9+. The molecule has 1 aliphatic heterocycles. The minimum atomic E-state index is -3.52. The molecule has 6 nitrogen and oxygen atoms in total. The summed E-state index contributed by atoms with van der Waals surface area (Å²) in [6.07, 6.45) is 1.59. The molecule has 0 bridgehead atoms. The Hall–Kier alpha value is -2.95. The number of carbonyl (C=O) groups is 1. The van der Waals surface area contributed by atoms with Crippen molar-refractivity contribution in [2.24, 2.45) is 0 Å².